The lowest BCUT2D eigenvalue weighted by Crippen LogP contribution is -2.22. The van der Waals surface area contributed by atoms with Crippen molar-refractivity contribution in [3.63, 3.8) is 0 Å². The molecular weight excluding hydrogens is 425 g/mol. The number of halogens is 6. The quantitative estimate of drug-likeness (QED) is 0.486. The Bertz CT molecular complexity index is 935. The Morgan fingerprint density at radius 3 is 2.55 bits per heavy atom. The number of nitrogens with one attached hydrogen (secondary N) is 2. The van der Waals surface area contributed by atoms with Crippen LogP contribution in [-0.2, 0) is 11.0 Å². The van der Waals surface area contributed by atoms with Crippen LogP contribution < -0.4 is 15.5 Å². The van der Waals surface area contributed by atoms with Crippen molar-refractivity contribution in [2.75, 3.05) is 7.11 Å². The molecule has 1 aromatic heterocycles. The lowest BCUT2D eigenvalue weighted by molar-refractivity contribution is -0.136. The monoisotopic (exact) mass is 439 g/mol. The number of amides is 1. The second-order valence-electron chi connectivity index (χ2n) is 5.54. The lowest BCUT2D eigenvalue weighted by Gasteiger charge is -2.14. The van der Waals surface area contributed by atoms with E-state index in [2.05, 4.69) is 20.5 Å². The number of hydrogen-bond acceptors (Lipinski definition) is 5. The summed E-state index contributed by atoms with van der Waals surface area (Å²) in [7, 11) is 1.36. The number of carbonyl (C=O) groups is 1. The third-order valence-corrected chi connectivity index (χ3v) is 3.90. The van der Waals surface area contributed by atoms with Crippen LogP contribution in [-0.4, -0.2) is 24.6 Å². The highest BCUT2D eigenvalue weighted by Crippen LogP contribution is 2.39. The largest absolute Gasteiger partial charge is 0.435 e. The molecule has 0 bridgehead atoms. The highest BCUT2D eigenvalue weighted by atomic mass is 35.5. The Kier molecular flexibility index (Phi) is 7.20. The van der Waals surface area contributed by atoms with Crippen molar-refractivity contribution in [3.8, 4) is 5.75 Å². The summed E-state index contributed by atoms with van der Waals surface area (Å²) in [5.41, 5.74) is 0.545. The highest BCUT2D eigenvalue weighted by molar-refractivity contribution is 6.35. The molecule has 1 heterocycles. The van der Waals surface area contributed by atoms with Gasteiger partial charge in [-0.05, 0) is 24.6 Å². The second kappa shape index (κ2) is 9.23. The van der Waals surface area contributed by atoms with E-state index in [0.717, 1.165) is 12.1 Å². The fourth-order valence-corrected chi connectivity index (χ4v) is 2.57. The first kappa shape index (κ1) is 22.6. The summed E-state index contributed by atoms with van der Waals surface area (Å²) in [6.45, 7) is -1.56. The molecule has 0 aliphatic rings. The van der Waals surface area contributed by atoms with E-state index in [4.69, 9.17) is 16.4 Å². The van der Waals surface area contributed by atoms with Crippen molar-refractivity contribution in [2.45, 2.75) is 26.1 Å². The van der Waals surface area contributed by atoms with Crippen molar-refractivity contribution < 1.29 is 36.3 Å². The van der Waals surface area contributed by atoms with Crippen molar-refractivity contribution in [3.05, 3.63) is 46.4 Å². The number of aromatic nitrogens is 1. The Morgan fingerprint density at radius 1 is 1.31 bits per heavy atom. The molecule has 1 aromatic carbocycles. The van der Waals surface area contributed by atoms with E-state index in [9.17, 15) is 26.7 Å². The average Bonchev–Trinajstić information content (AvgIpc) is 2.63. The van der Waals surface area contributed by atoms with Gasteiger partial charge in [0.15, 0.2) is 0 Å². The number of allylic oxidation sites excluding steroid dienone is 1. The molecule has 0 spiro atoms. The van der Waals surface area contributed by atoms with E-state index >= 15 is 0 Å². The molecule has 0 atom stereocenters. The predicted molar refractivity (Wildman–Crippen MR) is 94.4 cm³/mol. The van der Waals surface area contributed by atoms with E-state index in [1.54, 1.807) is 6.92 Å². The van der Waals surface area contributed by atoms with Gasteiger partial charge in [0.1, 0.15) is 11.4 Å². The Labute approximate surface area is 166 Å². The molecule has 0 saturated carbocycles. The smallest absolute Gasteiger partial charge is 0.418 e. The summed E-state index contributed by atoms with van der Waals surface area (Å²) >= 11 is 6.00. The van der Waals surface area contributed by atoms with Crippen molar-refractivity contribution in [1.82, 2.24) is 15.8 Å². The number of ether oxygens (including phenoxy) is 1. The molecule has 12 heteroatoms. The zero-order chi connectivity index (χ0) is 21.8. The van der Waals surface area contributed by atoms with Crippen LogP contribution in [0.4, 0.5) is 22.0 Å². The van der Waals surface area contributed by atoms with Crippen LogP contribution >= 0.6 is 11.6 Å². The molecule has 0 radical (unpaired) electrons. The van der Waals surface area contributed by atoms with Gasteiger partial charge in [0.05, 0.1) is 28.9 Å². The van der Waals surface area contributed by atoms with Gasteiger partial charge in [-0.2, -0.15) is 22.0 Å². The van der Waals surface area contributed by atoms with Crippen LogP contribution in [0.5, 0.6) is 5.75 Å². The Hall–Kier alpha value is -2.66. The van der Waals surface area contributed by atoms with Gasteiger partial charge in [-0.3, -0.25) is 15.1 Å². The summed E-state index contributed by atoms with van der Waals surface area (Å²) in [6, 6.07) is 2.29. The molecule has 0 unspecified atom stereocenters. The third kappa shape index (κ3) is 5.67. The standard InChI is InChI=1S/C17H15ClF5N3O3/c1-3-8(26-28-2)7-24-15(27)13-6-12(18)10-4-9(29-16(19)20)5-11(14(10)25-13)17(21,22)23/h4-7,16,26H,3H2,1-2H3,(H,24,27)/b8-7-. The number of carbonyl (C=O) groups excluding carboxylic acids is 1. The van der Waals surface area contributed by atoms with E-state index in [-0.39, 0.29) is 10.4 Å². The van der Waals surface area contributed by atoms with Gasteiger partial charge in [-0.1, -0.05) is 18.5 Å². The number of rotatable bonds is 7. The molecule has 2 rings (SSSR count). The summed E-state index contributed by atoms with van der Waals surface area (Å²) < 4.78 is 69.2. The fourth-order valence-electron chi connectivity index (χ4n) is 2.33. The molecular formula is C17H15ClF5N3O3. The van der Waals surface area contributed by atoms with Gasteiger partial charge in [-0.25, -0.2) is 4.98 Å². The SMILES string of the molecule is CC/C(=C/NC(=O)c1cc(Cl)c2cc(OC(F)F)cc(C(F)(F)F)c2n1)NOC. The molecule has 6 nitrogen and oxygen atoms in total. The maximum Gasteiger partial charge on any atom is 0.418 e. The average molecular weight is 440 g/mol. The molecule has 0 fully saturated rings. The second-order valence-corrected chi connectivity index (χ2v) is 5.94. The molecule has 2 N–H and O–H groups in total. The first-order valence-electron chi connectivity index (χ1n) is 8.02. The van der Waals surface area contributed by atoms with Gasteiger partial charge in [-0.15, -0.1) is 0 Å². The topological polar surface area (TPSA) is 72.5 Å². The first-order valence-corrected chi connectivity index (χ1v) is 8.39. The lowest BCUT2D eigenvalue weighted by atomic mass is 10.1. The van der Waals surface area contributed by atoms with Crippen LogP contribution in [0, 0.1) is 0 Å². The van der Waals surface area contributed by atoms with Crippen LogP contribution in [0.2, 0.25) is 5.02 Å². The summed E-state index contributed by atoms with van der Waals surface area (Å²) in [5, 5.41) is 1.77. The van der Waals surface area contributed by atoms with E-state index < -0.39 is 41.2 Å². The van der Waals surface area contributed by atoms with Crippen LogP contribution in [0.1, 0.15) is 29.4 Å². The van der Waals surface area contributed by atoms with Crippen LogP contribution in [0.15, 0.2) is 30.1 Å². The summed E-state index contributed by atoms with van der Waals surface area (Å²) in [5.74, 6) is -1.57. The number of fused-ring (bicyclic) bond motifs is 1. The maximum absolute atomic E-state index is 13.4. The minimum absolute atomic E-state index is 0.292. The number of hydroxylamine groups is 1. The minimum Gasteiger partial charge on any atom is -0.435 e. The van der Waals surface area contributed by atoms with Gasteiger partial charge >= 0.3 is 12.8 Å². The van der Waals surface area contributed by atoms with Gasteiger partial charge in [0.25, 0.3) is 5.91 Å². The Morgan fingerprint density at radius 2 is 2.00 bits per heavy atom. The van der Waals surface area contributed by atoms with Crippen molar-refractivity contribution >= 4 is 28.4 Å². The maximum atomic E-state index is 13.4. The van der Waals surface area contributed by atoms with E-state index in [0.29, 0.717) is 18.2 Å². The van der Waals surface area contributed by atoms with E-state index in [1.807, 2.05) is 0 Å². The predicted octanol–water partition coefficient (Wildman–Crippen LogP) is 4.64. The molecule has 0 saturated heterocycles. The van der Waals surface area contributed by atoms with Crippen LogP contribution in [0.3, 0.4) is 0 Å². The molecule has 1 amide bonds. The normalized spacial score (nSPS) is 12.4. The molecule has 29 heavy (non-hydrogen) atoms. The molecule has 0 aliphatic heterocycles. The number of hydrogen-bond donors (Lipinski definition) is 2. The van der Waals surface area contributed by atoms with E-state index in [1.165, 1.54) is 13.3 Å². The number of alkyl halides is 5. The Balaban J connectivity index is 2.54. The van der Waals surface area contributed by atoms with Crippen molar-refractivity contribution in [1.29, 1.82) is 0 Å². The summed E-state index contributed by atoms with van der Waals surface area (Å²) in [6.07, 6.45) is -3.23. The zero-order valence-corrected chi connectivity index (χ0v) is 15.8. The number of nitrogens with zero attached hydrogens (tertiary/aromatic N) is 1. The van der Waals surface area contributed by atoms with Gasteiger partial charge < -0.3 is 10.1 Å². The third-order valence-electron chi connectivity index (χ3n) is 3.59. The van der Waals surface area contributed by atoms with Gasteiger partial charge in [0.2, 0.25) is 0 Å². The first-order chi connectivity index (χ1) is 13.6. The number of pyridine rings is 1. The zero-order valence-electron chi connectivity index (χ0n) is 15.0. The van der Waals surface area contributed by atoms with Crippen LogP contribution in [0.25, 0.3) is 10.9 Å². The molecule has 158 valence electrons. The summed E-state index contributed by atoms with van der Waals surface area (Å²) in [4.78, 5) is 20.7. The fraction of sp³-hybridized carbons (Fsp3) is 0.294. The minimum atomic E-state index is -4.96. The van der Waals surface area contributed by atoms with Gasteiger partial charge in [0, 0.05) is 11.6 Å². The van der Waals surface area contributed by atoms with Crippen molar-refractivity contribution in [2.24, 2.45) is 0 Å². The number of benzene rings is 1. The molecule has 0 aliphatic carbocycles. The molecule has 2 aromatic rings. The highest BCUT2D eigenvalue weighted by Gasteiger charge is 2.35.